The molecule has 0 spiro atoms. The van der Waals surface area contributed by atoms with Gasteiger partial charge in [-0.1, -0.05) is 11.2 Å². The zero-order chi connectivity index (χ0) is 10.6. The van der Waals surface area contributed by atoms with Gasteiger partial charge in [0.25, 0.3) is 0 Å². The Bertz CT molecular complexity index is 297. The lowest BCUT2D eigenvalue weighted by molar-refractivity contribution is 0.314. The molecule has 78 valence electrons. The van der Waals surface area contributed by atoms with E-state index in [4.69, 9.17) is 10.9 Å². The Labute approximate surface area is 87.4 Å². The maximum atomic E-state index is 8.47. The SMILES string of the molecule is CC(NC(C)c1cccs1)C(N)=NO. The highest BCUT2D eigenvalue weighted by atomic mass is 32.1. The number of hydrogen-bond acceptors (Lipinski definition) is 4. The molecule has 1 aromatic rings. The van der Waals surface area contributed by atoms with Crippen LogP contribution in [0.2, 0.25) is 0 Å². The molecule has 0 aliphatic rings. The Hall–Kier alpha value is -1.07. The van der Waals surface area contributed by atoms with Gasteiger partial charge in [0.1, 0.15) is 0 Å². The first-order valence-corrected chi connectivity index (χ1v) is 5.30. The third-order valence-corrected chi connectivity index (χ3v) is 3.08. The molecule has 0 saturated heterocycles. The maximum absolute atomic E-state index is 8.47. The zero-order valence-electron chi connectivity index (χ0n) is 8.27. The predicted octanol–water partition coefficient (Wildman–Crippen LogP) is 1.53. The monoisotopic (exact) mass is 213 g/mol. The number of hydrogen-bond donors (Lipinski definition) is 3. The van der Waals surface area contributed by atoms with Crippen LogP contribution in [0.4, 0.5) is 0 Å². The summed E-state index contributed by atoms with van der Waals surface area (Å²) < 4.78 is 0. The van der Waals surface area contributed by atoms with Gasteiger partial charge in [0.2, 0.25) is 0 Å². The van der Waals surface area contributed by atoms with Crippen molar-refractivity contribution in [1.82, 2.24) is 5.32 Å². The van der Waals surface area contributed by atoms with Crippen molar-refractivity contribution in [3.63, 3.8) is 0 Å². The van der Waals surface area contributed by atoms with Gasteiger partial charge in [-0.3, -0.25) is 0 Å². The third kappa shape index (κ3) is 2.71. The number of oxime groups is 1. The molecular formula is C9H15N3OS. The van der Waals surface area contributed by atoms with Crippen molar-refractivity contribution in [3.05, 3.63) is 22.4 Å². The molecule has 2 unspecified atom stereocenters. The highest BCUT2D eigenvalue weighted by Gasteiger charge is 2.12. The first-order chi connectivity index (χ1) is 6.65. The number of nitrogens with zero attached hydrogens (tertiary/aromatic N) is 1. The molecule has 4 N–H and O–H groups in total. The minimum Gasteiger partial charge on any atom is -0.409 e. The molecule has 1 heterocycles. The van der Waals surface area contributed by atoms with Crippen LogP contribution in [-0.2, 0) is 0 Å². The van der Waals surface area contributed by atoms with E-state index in [-0.39, 0.29) is 17.9 Å². The highest BCUT2D eigenvalue weighted by Crippen LogP contribution is 2.18. The van der Waals surface area contributed by atoms with Crippen molar-refractivity contribution in [2.45, 2.75) is 25.9 Å². The summed E-state index contributed by atoms with van der Waals surface area (Å²) in [6.45, 7) is 3.91. The standard InChI is InChI=1S/C9H15N3OS/c1-6(8-4-3-5-14-8)11-7(2)9(10)12-13/h3-7,11,13H,1-2H3,(H2,10,12). The molecule has 1 rings (SSSR count). The molecule has 0 bridgehead atoms. The highest BCUT2D eigenvalue weighted by molar-refractivity contribution is 7.10. The van der Waals surface area contributed by atoms with Crippen LogP contribution >= 0.6 is 11.3 Å². The van der Waals surface area contributed by atoms with Crippen LogP contribution in [0.1, 0.15) is 24.8 Å². The smallest absolute Gasteiger partial charge is 0.156 e. The fourth-order valence-corrected chi connectivity index (χ4v) is 1.91. The number of nitrogens with one attached hydrogen (secondary N) is 1. The van der Waals surface area contributed by atoms with Crippen LogP contribution in [0, 0.1) is 0 Å². The second-order valence-corrected chi connectivity index (χ2v) is 4.13. The fourth-order valence-electron chi connectivity index (χ4n) is 1.17. The molecule has 0 aliphatic heterocycles. The molecule has 0 radical (unpaired) electrons. The van der Waals surface area contributed by atoms with Crippen LogP contribution in [0.5, 0.6) is 0 Å². The van der Waals surface area contributed by atoms with Crippen molar-refractivity contribution in [1.29, 1.82) is 0 Å². The summed E-state index contributed by atoms with van der Waals surface area (Å²) in [5.41, 5.74) is 5.46. The average Bonchev–Trinajstić information content (AvgIpc) is 2.69. The number of nitrogens with two attached hydrogens (primary N) is 1. The van der Waals surface area contributed by atoms with E-state index in [2.05, 4.69) is 16.5 Å². The van der Waals surface area contributed by atoms with E-state index in [1.54, 1.807) is 11.3 Å². The van der Waals surface area contributed by atoms with E-state index >= 15 is 0 Å². The number of thiophene rings is 1. The van der Waals surface area contributed by atoms with Crippen LogP contribution in [-0.4, -0.2) is 17.1 Å². The quantitative estimate of drug-likeness (QED) is 0.307. The van der Waals surface area contributed by atoms with E-state index in [0.29, 0.717) is 0 Å². The summed E-state index contributed by atoms with van der Waals surface area (Å²) in [7, 11) is 0. The van der Waals surface area contributed by atoms with Crippen molar-refractivity contribution in [2.75, 3.05) is 0 Å². The lowest BCUT2D eigenvalue weighted by Gasteiger charge is -2.17. The molecule has 0 aliphatic carbocycles. The second-order valence-electron chi connectivity index (χ2n) is 3.15. The van der Waals surface area contributed by atoms with E-state index in [9.17, 15) is 0 Å². The van der Waals surface area contributed by atoms with Crippen LogP contribution in [0.15, 0.2) is 22.7 Å². The maximum Gasteiger partial charge on any atom is 0.156 e. The molecular weight excluding hydrogens is 198 g/mol. The van der Waals surface area contributed by atoms with E-state index in [1.807, 2.05) is 25.3 Å². The van der Waals surface area contributed by atoms with Crippen molar-refractivity contribution in [2.24, 2.45) is 10.9 Å². The van der Waals surface area contributed by atoms with Gasteiger partial charge < -0.3 is 16.3 Å². The van der Waals surface area contributed by atoms with Gasteiger partial charge in [-0.05, 0) is 25.3 Å². The van der Waals surface area contributed by atoms with Gasteiger partial charge in [0.05, 0.1) is 6.04 Å². The summed E-state index contributed by atoms with van der Waals surface area (Å²) >= 11 is 1.69. The summed E-state index contributed by atoms with van der Waals surface area (Å²) in [5.74, 6) is 0.202. The minimum absolute atomic E-state index is 0.128. The van der Waals surface area contributed by atoms with Crippen molar-refractivity contribution < 1.29 is 5.21 Å². The van der Waals surface area contributed by atoms with Gasteiger partial charge >= 0.3 is 0 Å². The predicted molar refractivity (Wildman–Crippen MR) is 58.7 cm³/mol. The Kier molecular flexibility index (Phi) is 3.91. The molecule has 2 atom stereocenters. The third-order valence-electron chi connectivity index (χ3n) is 2.03. The fraction of sp³-hybridized carbons (Fsp3) is 0.444. The lowest BCUT2D eigenvalue weighted by Crippen LogP contribution is -2.40. The molecule has 14 heavy (non-hydrogen) atoms. The zero-order valence-corrected chi connectivity index (χ0v) is 9.08. The summed E-state index contributed by atoms with van der Waals surface area (Å²) in [5, 5.41) is 16.7. The summed E-state index contributed by atoms with van der Waals surface area (Å²) in [6, 6.07) is 4.15. The van der Waals surface area contributed by atoms with Gasteiger partial charge in [-0.25, -0.2) is 0 Å². The van der Waals surface area contributed by atoms with Crippen molar-refractivity contribution in [3.8, 4) is 0 Å². The second kappa shape index (κ2) is 4.97. The van der Waals surface area contributed by atoms with Crippen molar-refractivity contribution >= 4 is 17.2 Å². The lowest BCUT2D eigenvalue weighted by atomic mass is 10.2. The molecule has 0 saturated carbocycles. The molecule has 4 nitrogen and oxygen atoms in total. The van der Waals surface area contributed by atoms with Crippen LogP contribution < -0.4 is 11.1 Å². The number of amidine groups is 1. The first kappa shape index (κ1) is 11.0. The molecule has 0 aromatic carbocycles. The van der Waals surface area contributed by atoms with E-state index in [0.717, 1.165) is 0 Å². The Morgan fingerprint density at radius 3 is 2.86 bits per heavy atom. The Balaban J connectivity index is 2.53. The Morgan fingerprint density at radius 2 is 2.36 bits per heavy atom. The number of rotatable bonds is 4. The average molecular weight is 213 g/mol. The first-order valence-electron chi connectivity index (χ1n) is 4.42. The van der Waals surface area contributed by atoms with Crippen LogP contribution in [0.25, 0.3) is 0 Å². The van der Waals surface area contributed by atoms with Crippen LogP contribution in [0.3, 0.4) is 0 Å². The Morgan fingerprint density at radius 1 is 1.64 bits per heavy atom. The van der Waals surface area contributed by atoms with E-state index in [1.165, 1.54) is 4.88 Å². The largest absolute Gasteiger partial charge is 0.409 e. The summed E-state index contributed by atoms with van der Waals surface area (Å²) in [4.78, 5) is 1.24. The van der Waals surface area contributed by atoms with Gasteiger partial charge in [0.15, 0.2) is 5.84 Å². The molecule has 0 amide bonds. The molecule has 1 aromatic heterocycles. The minimum atomic E-state index is -0.128. The van der Waals surface area contributed by atoms with Gasteiger partial charge in [0, 0.05) is 10.9 Å². The van der Waals surface area contributed by atoms with Gasteiger partial charge in [-0.15, -0.1) is 11.3 Å². The van der Waals surface area contributed by atoms with Gasteiger partial charge in [-0.2, -0.15) is 0 Å². The molecule has 5 heteroatoms. The molecule has 0 fully saturated rings. The van der Waals surface area contributed by atoms with E-state index < -0.39 is 0 Å². The summed E-state index contributed by atoms with van der Waals surface area (Å²) in [6.07, 6.45) is 0. The normalized spacial score (nSPS) is 16.6. The topological polar surface area (TPSA) is 70.6 Å².